The van der Waals surface area contributed by atoms with Crippen molar-refractivity contribution in [2.45, 2.75) is 75.5 Å². The van der Waals surface area contributed by atoms with Gasteiger partial charge in [-0.05, 0) is 45.6 Å². The second kappa shape index (κ2) is 5.68. The third kappa shape index (κ3) is 2.42. The summed E-state index contributed by atoms with van der Waals surface area (Å²) in [4.78, 5) is 17.3. The fraction of sp³-hybridized carbons (Fsp3) is 0.941. The smallest absolute Gasteiger partial charge is 0.318 e. The van der Waals surface area contributed by atoms with Gasteiger partial charge in [0, 0.05) is 31.2 Å². The summed E-state index contributed by atoms with van der Waals surface area (Å²) in [5.74, 6) is 0. The van der Waals surface area contributed by atoms with Crippen molar-refractivity contribution in [3.63, 3.8) is 0 Å². The van der Waals surface area contributed by atoms with Gasteiger partial charge in [-0.25, -0.2) is 4.79 Å². The summed E-state index contributed by atoms with van der Waals surface area (Å²) in [5.41, 5.74) is 0.339. The normalized spacial score (nSPS) is 40.8. The van der Waals surface area contributed by atoms with Crippen molar-refractivity contribution in [1.29, 1.82) is 0 Å². The highest BCUT2D eigenvalue weighted by Gasteiger charge is 2.45. The number of carbonyl (C=O) groups excluding carboxylic acids is 1. The van der Waals surface area contributed by atoms with Crippen molar-refractivity contribution in [1.82, 2.24) is 20.4 Å². The molecule has 1 saturated carbocycles. The lowest BCUT2D eigenvalue weighted by Gasteiger charge is -2.45. The van der Waals surface area contributed by atoms with Crippen LogP contribution in [0.25, 0.3) is 0 Å². The number of urea groups is 1. The Morgan fingerprint density at radius 1 is 1.14 bits per heavy atom. The Morgan fingerprint density at radius 2 is 1.91 bits per heavy atom. The van der Waals surface area contributed by atoms with Gasteiger partial charge in [-0.3, -0.25) is 4.90 Å². The minimum atomic E-state index is 0.212. The zero-order valence-corrected chi connectivity index (χ0v) is 13.8. The molecule has 3 heterocycles. The Labute approximate surface area is 133 Å². The highest BCUT2D eigenvalue weighted by Crippen LogP contribution is 2.34. The van der Waals surface area contributed by atoms with Crippen LogP contribution in [0.4, 0.5) is 4.79 Å². The second-order valence-electron chi connectivity index (χ2n) is 7.96. The summed E-state index contributed by atoms with van der Waals surface area (Å²) in [6, 6.07) is 1.57. The zero-order chi connectivity index (χ0) is 15.2. The topological polar surface area (TPSA) is 47.6 Å². The van der Waals surface area contributed by atoms with Gasteiger partial charge < -0.3 is 15.5 Å². The van der Waals surface area contributed by atoms with E-state index in [2.05, 4.69) is 27.4 Å². The molecule has 0 spiro atoms. The highest BCUT2D eigenvalue weighted by molar-refractivity contribution is 5.78. The van der Waals surface area contributed by atoms with Crippen LogP contribution in [0.2, 0.25) is 0 Å². The van der Waals surface area contributed by atoms with Gasteiger partial charge >= 0.3 is 6.03 Å². The first-order valence-electron chi connectivity index (χ1n) is 9.22. The van der Waals surface area contributed by atoms with Gasteiger partial charge in [-0.1, -0.05) is 12.8 Å². The maximum Gasteiger partial charge on any atom is 0.318 e. The first-order valence-corrected chi connectivity index (χ1v) is 9.22. The molecule has 1 aliphatic carbocycles. The minimum Gasteiger partial charge on any atom is -0.333 e. The van der Waals surface area contributed by atoms with Crippen molar-refractivity contribution in [3.05, 3.63) is 0 Å². The molecule has 0 bridgehead atoms. The maximum absolute atomic E-state index is 12.4. The van der Waals surface area contributed by atoms with Gasteiger partial charge in [0.15, 0.2) is 0 Å². The van der Waals surface area contributed by atoms with Gasteiger partial charge in [0.1, 0.15) is 0 Å². The molecule has 4 aliphatic rings. The average molecular weight is 306 g/mol. The summed E-state index contributed by atoms with van der Waals surface area (Å²) in [5, 5.41) is 6.74. The van der Waals surface area contributed by atoms with E-state index < -0.39 is 0 Å². The van der Waals surface area contributed by atoms with Crippen molar-refractivity contribution < 1.29 is 4.79 Å². The van der Waals surface area contributed by atoms with Crippen LogP contribution >= 0.6 is 0 Å². The summed E-state index contributed by atoms with van der Waals surface area (Å²) < 4.78 is 0. The molecule has 3 unspecified atom stereocenters. The third-order valence-corrected chi connectivity index (χ3v) is 6.60. The Bertz CT molecular complexity index is 426. The molecule has 5 nitrogen and oxygen atoms in total. The largest absolute Gasteiger partial charge is 0.333 e. The van der Waals surface area contributed by atoms with E-state index in [-0.39, 0.29) is 6.03 Å². The third-order valence-electron chi connectivity index (χ3n) is 6.60. The number of amides is 2. The molecule has 5 heteroatoms. The van der Waals surface area contributed by atoms with Crippen LogP contribution < -0.4 is 10.6 Å². The molecule has 22 heavy (non-hydrogen) atoms. The van der Waals surface area contributed by atoms with Crippen molar-refractivity contribution in [2.75, 3.05) is 26.2 Å². The highest BCUT2D eigenvalue weighted by atomic mass is 16.2. The molecule has 4 fully saturated rings. The molecule has 0 aromatic rings. The number of nitrogens with one attached hydrogen (secondary N) is 2. The predicted molar refractivity (Wildman–Crippen MR) is 86.9 cm³/mol. The molecule has 0 radical (unpaired) electrons. The molecule has 3 atom stereocenters. The Balaban J connectivity index is 1.40. The van der Waals surface area contributed by atoms with E-state index in [0.29, 0.717) is 23.7 Å². The van der Waals surface area contributed by atoms with Crippen LogP contribution in [0.3, 0.4) is 0 Å². The monoisotopic (exact) mass is 306 g/mol. The Kier molecular flexibility index (Phi) is 3.81. The number of piperidine rings is 1. The summed E-state index contributed by atoms with van der Waals surface area (Å²) in [7, 11) is 0. The first-order chi connectivity index (χ1) is 10.7. The van der Waals surface area contributed by atoms with Crippen molar-refractivity contribution in [2.24, 2.45) is 0 Å². The van der Waals surface area contributed by atoms with Crippen LogP contribution in [-0.4, -0.2) is 65.7 Å². The number of hydrogen-bond donors (Lipinski definition) is 2. The summed E-state index contributed by atoms with van der Waals surface area (Å²) in [6.45, 7) is 6.95. The summed E-state index contributed by atoms with van der Waals surface area (Å²) in [6.07, 6.45) is 8.49. The molecule has 2 N–H and O–H groups in total. The fourth-order valence-electron chi connectivity index (χ4n) is 5.19. The van der Waals surface area contributed by atoms with Gasteiger partial charge in [-0.15, -0.1) is 0 Å². The number of nitrogens with zero attached hydrogens (tertiary/aromatic N) is 2. The van der Waals surface area contributed by atoms with E-state index in [1.54, 1.807) is 0 Å². The standard InChI is InChI=1S/C17H30N4O/c1-17(8-9-18-12-17)20-10-6-13(7-11-20)21-15-5-3-2-4-14(15)19-16(21)22/h13-15,18H,2-12H2,1H3,(H,19,22). The van der Waals surface area contributed by atoms with Gasteiger partial charge in [0.25, 0.3) is 0 Å². The molecule has 2 amide bonds. The Morgan fingerprint density at radius 3 is 2.64 bits per heavy atom. The quantitative estimate of drug-likeness (QED) is 0.813. The van der Waals surface area contributed by atoms with Crippen LogP contribution in [0.5, 0.6) is 0 Å². The molecule has 0 aromatic heterocycles. The number of fused-ring (bicyclic) bond motifs is 1. The van der Waals surface area contributed by atoms with Crippen LogP contribution in [0.15, 0.2) is 0 Å². The number of carbonyl (C=O) groups is 1. The molecule has 124 valence electrons. The van der Waals surface area contributed by atoms with E-state index in [4.69, 9.17) is 0 Å². The van der Waals surface area contributed by atoms with Crippen LogP contribution in [0.1, 0.15) is 51.9 Å². The number of hydrogen-bond acceptors (Lipinski definition) is 3. The van der Waals surface area contributed by atoms with E-state index in [9.17, 15) is 4.79 Å². The lowest BCUT2D eigenvalue weighted by Crippen LogP contribution is -2.56. The molecule has 3 saturated heterocycles. The SMILES string of the molecule is CC1(N2CCC(N3C(=O)NC4CCCCC43)CC2)CCNC1. The van der Waals surface area contributed by atoms with E-state index in [0.717, 1.165) is 39.0 Å². The Hall–Kier alpha value is -0.810. The van der Waals surface area contributed by atoms with Crippen molar-refractivity contribution >= 4 is 6.03 Å². The van der Waals surface area contributed by atoms with Crippen LogP contribution in [-0.2, 0) is 0 Å². The maximum atomic E-state index is 12.4. The molecule has 3 aliphatic heterocycles. The predicted octanol–water partition coefficient (Wildman–Crippen LogP) is 1.54. The van der Waals surface area contributed by atoms with Gasteiger partial charge in [-0.2, -0.15) is 0 Å². The minimum absolute atomic E-state index is 0.212. The number of rotatable bonds is 2. The summed E-state index contributed by atoms with van der Waals surface area (Å²) >= 11 is 0. The molecule has 0 aromatic carbocycles. The van der Waals surface area contributed by atoms with E-state index >= 15 is 0 Å². The fourth-order valence-corrected chi connectivity index (χ4v) is 5.19. The van der Waals surface area contributed by atoms with Crippen molar-refractivity contribution in [3.8, 4) is 0 Å². The zero-order valence-electron chi connectivity index (χ0n) is 13.8. The lowest BCUT2D eigenvalue weighted by atomic mass is 9.88. The van der Waals surface area contributed by atoms with Gasteiger partial charge in [0.05, 0.1) is 12.1 Å². The number of likely N-dealkylation sites (tertiary alicyclic amines) is 1. The lowest BCUT2D eigenvalue weighted by molar-refractivity contribution is 0.0498. The average Bonchev–Trinajstić information content (AvgIpc) is 3.11. The first kappa shape index (κ1) is 14.8. The van der Waals surface area contributed by atoms with E-state index in [1.807, 2.05) is 0 Å². The van der Waals surface area contributed by atoms with Gasteiger partial charge in [0.2, 0.25) is 0 Å². The molecular weight excluding hydrogens is 276 g/mol. The van der Waals surface area contributed by atoms with E-state index in [1.165, 1.54) is 32.1 Å². The van der Waals surface area contributed by atoms with Crippen LogP contribution in [0, 0.1) is 0 Å². The second-order valence-corrected chi connectivity index (χ2v) is 7.96. The molecule has 4 rings (SSSR count). The molecular formula is C17H30N4O.